The third-order valence-corrected chi connectivity index (χ3v) is 3.43. The van der Waals surface area contributed by atoms with Crippen LogP contribution in [-0.4, -0.2) is 9.38 Å². The largest absolute Gasteiger partial charge is 0.454 e. The average molecular weight is 263 g/mol. The van der Waals surface area contributed by atoms with E-state index < -0.39 is 0 Å². The Labute approximate surface area is 115 Å². The van der Waals surface area contributed by atoms with Gasteiger partial charge in [0, 0.05) is 24.3 Å². The molecule has 3 aromatic heterocycles. The number of imidazole rings is 1. The first-order valence-electron chi connectivity index (χ1n) is 6.50. The van der Waals surface area contributed by atoms with Crippen molar-refractivity contribution in [3.05, 3.63) is 60.4 Å². The highest BCUT2D eigenvalue weighted by molar-refractivity contribution is 5.82. The molecule has 98 valence electrons. The lowest BCUT2D eigenvalue weighted by Crippen LogP contribution is -1.97. The van der Waals surface area contributed by atoms with Crippen LogP contribution >= 0.6 is 0 Å². The molecule has 0 aliphatic heterocycles. The van der Waals surface area contributed by atoms with Crippen LogP contribution in [0.25, 0.3) is 28.1 Å². The van der Waals surface area contributed by atoms with Gasteiger partial charge in [0.1, 0.15) is 16.9 Å². The summed E-state index contributed by atoms with van der Waals surface area (Å²) in [6.07, 6.45) is 3.96. The van der Waals surface area contributed by atoms with Gasteiger partial charge >= 0.3 is 0 Å². The number of furan rings is 1. The molecule has 0 bridgehead atoms. The maximum atomic E-state index is 5.84. The SMILES string of the molecule is NCc1ccc2nc(-c3cc4ccccc4o3)cn2c1. The van der Waals surface area contributed by atoms with Gasteiger partial charge in [-0.3, -0.25) is 0 Å². The molecular weight excluding hydrogens is 250 g/mol. The van der Waals surface area contributed by atoms with E-state index in [0.717, 1.165) is 33.6 Å². The van der Waals surface area contributed by atoms with Crippen molar-refractivity contribution in [2.45, 2.75) is 6.54 Å². The molecule has 4 rings (SSSR count). The molecule has 0 saturated heterocycles. The minimum atomic E-state index is 0.522. The Hall–Kier alpha value is -2.59. The predicted molar refractivity (Wildman–Crippen MR) is 78.3 cm³/mol. The molecule has 0 aliphatic rings. The Balaban J connectivity index is 1.88. The summed E-state index contributed by atoms with van der Waals surface area (Å²) in [5, 5.41) is 1.09. The van der Waals surface area contributed by atoms with Gasteiger partial charge < -0.3 is 14.6 Å². The van der Waals surface area contributed by atoms with Crippen molar-refractivity contribution >= 4 is 16.6 Å². The number of para-hydroxylation sites is 1. The maximum absolute atomic E-state index is 5.84. The van der Waals surface area contributed by atoms with E-state index in [9.17, 15) is 0 Å². The van der Waals surface area contributed by atoms with Crippen LogP contribution in [0.1, 0.15) is 5.56 Å². The number of nitrogens with zero attached hydrogens (tertiary/aromatic N) is 2. The number of aromatic nitrogens is 2. The van der Waals surface area contributed by atoms with Crippen molar-refractivity contribution in [3.63, 3.8) is 0 Å². The summed E-state index contributed by atoms with van der Waals surface area (Å²) in [5.41, 5.74) is 9.33. The number of nitrogens with two attached hydrogens (primary N) is 1. The van der Waals surface area contributed by atoms with Gasteiger partial charge in [-0.15, -0.1) is 0 Å². The molecule has 0 radical (unpaired) electrons. The lowest BCUT2D eigenvalue weighted by Gasteiger charge is -1.96. The molecule has 3 heterocycles. The molecule has 20 heavy (non-hydrogen) atoms. The lowest BCUT2D eigenvalue weighted by molar-refractivity contribution is 0.629. The molecule has 0 fully saturated rings. The fraction of sp³-hybridized carbons (Fsp3) is 0.0625. The molecule has 0 atom stereocenters. The second kappa shape index (κ2) is 4.21. The molecule has 0 saturated carbocycles. The molecule has 4 aromatic rings. The number of hydrogen-bond donors (Lipinski definition) is 1. The fourth-order valence-electron chi connectivity index (χ4n) is 2.39. The summed E-state index contributed by atoms with van der Waals surface area (Å²) in [7, 11) is 0. The molecular formula is C16H13N3O. The third kappa shape index (κ3) is 1.70. The van der Waals surface area contributed by atoms with Gasteiger partial charge in [-0.05, 0) is 23.8 Å². The summed E-state index contributed by atoms with van der Waals surface area (Å²) in [4.78, 5) is 4.58. The molecule has 4 heteroatoms. The van der Waals surface area contributed by atoms with Crippen molar-refractivity contribution in [1.29, 1.82) is 0 Å². The smallest absolute Gasteiger partial charge is 0.155 e. The number of benzene rings is 1. The summed E-state index contributed by atoms with van der Waals surface area (Å²) in [6, 6.07) is 13.9. The minimum Gasteiger partial charge on any atom is -0.454 e. The molecule has 0 amide bonds. The molecule has 0 spiro atoms. The summed E-state index contributed by atoms with van der Waals surface area (Å²) in [6.45, 7) is 0.522. The van der Waals surface area contributed by atoms with Crippen molar-refractivity contribution < 1.29 is 4.42 Å². The van der Waals surface area contributed by atoms with E-state index in [4.69, 9.17) is 10.2 Å². The molecule has 0 aliphatic carbocycles. The minimum absolute atomic E-state index is 0.522. The highest BCUT2D eigenvalue weighted by Gasteiger charge is 2.10. The van der Waals surface area contributed by atoms with Crippen LogP contribution in [0.15, 0.2) is 59.3 Å². The topological polar surface area (TPSA) is 56.5 Å². The quantitative estimate of drug-likeness (QED) is 0.604. The number of hydrogen-bond acceptors (Lipinski definition) is 3. The monoisotopic (exact) mass is 263 g/mol. The van der Waals surface area contributed by atoms with E-state index in [1.807, 2.05) is 59.3 Å². The van der Waals surface area contributed by atoms with E-state index in [1.165, 1.54) is 0 Å². The van der Waals surface area contributed by atoms with Crippen LogP contribution in [0.3, 0.4) is 0 Å². The molecule has 1 aromatic carbocycles. The summed E-state index contributed by atoms with van der Waals surface area (Å²) < 4.78 is 7.82. The zero-order valence-corrected chi connectivity index (χ0v) is 10.8. The Morgan fingerprint density at radius 1 is 1.10 bits per heavy atom. The van der Waals surface area contributed by atoms with E-state index in [0.29, 0.717) is 6.54 Å². The standard InChI is InChI=1S/C16H13N3O/c17-8-11-5-6-16-18-13(10-19(16)9-11)15-7-12-3-1-2-4-14(12)20-15/h1-7,9-10H,8,17H2. The molecule has 0 unspecified atom stereocenters. The van der Waals surface area contributed by atoms with Crippen molar-refractivity contribution in [2.75, 3.05) is 0 Å². The Bertz CT molecular complexity index is 871. The van der Waals surface area contributed by atoms with Gasteiger partial charge in [0.2, 0.25) is 0 Å². The number of fused-ring (bicyclic) bond motifs is 2. The molecule has 2 N–H and O–H groups in total. The van der Waals surface area contributed by atoms with Crippen LogP contribution < -0.4 is 5.73 Å². The summed E-state index contributed by atoms with van der Waals surface area (Å²) in [5.74, 6) is 0.782. The van der Waals surface area contributed by atoms with Gasteiger partial charge in [0.25, 0.3) is 0 Å². The lowest BCUT2D eigenvalue weighted by atomic mass is 10.2. The van der Waals surface area contributed by atoms with Gasteiger partial charge in [-0.2, -0.15) is 0 Å². The van der Waals surface area contributed by atoms with Gasteiger partial charge in [-0.1, -0.05) is 24.3 Å². The van der Waals surface area contributed by atoms with E-state index in [1.54, 1.807) is 0 Å². The van der Waals surface area contributed by atoms with Crippen LogP contribution in [0.4, 0.5) is 0 Å². The van der Waals surface area contributed by atoms with Crippen LogP contribution in [0.5, 0.6) is 0 Å². The van der Waals surface area contributed by atoms with Crippen LogP contribution in [0, 0.1) is 0 Å². The van der Waals surface area contributed by atoms with Crippen LogP contribution in [-0.2, 0) is 6.54 Å². The normalized spacial score (nSPS) is 11.4. The highest BCUT2D eigenvalue weighted by Crippen LogP contribution is 2.27. The zero-order valence-electron chi connectivity index (χ0n) is 10.8. The summed E-state index contributed by atoms with van der Waals surface area (Å²) >= 11 is 0. The van der Waals surface area contributed by atoms with Crippen molar-refractivity contribution in [3.8, 4) is 11.5 Å². The van der Waals surface area contributed by atoms with E-state index in [-0.39, 0.29) is 0 Å². The van der Waals surface area contributed by atoms with Crippen molar-refractivity contribution in [2.24, 2.45) is 5.73 Å². The van der Waals surface area contributed by atoms with Gasteiger partial charge in [0.15, 0.2) is 5.76 Å². The number of rotatable bonds is 2. The second-order valence-electron chi connectivity index (χ2n) is 4.78. The van der Waals surface area contributed by atoms with E-state index >= 15 is 0 Å². The predicted octanol–water partition coefficient (Wildman–Crippen LogP) is 3.21. The van der Waals surface area contributed by atoms with Gasteiger partial charge in [-0.25, -0.2) is 4.98 Å². The second-order valence-corrected chi connectivity index (χ2v) is 4.78. The van der Waals surface area contributed by atoms with E-state index in [2.05, 4.69) is 4.98 Å². The van der Waals surface area contributed by atoms with Crippen molar-refractivity contribution in [1.82, 2.24) is 9.38 Å². The Kier molecular flexibility index (Phi) is 2.37. The fourth-order valence-corrected chi connectivity index (χ4v) is 2.39. The number of pyridine rings is 1. The first-order valence-corrected chi connectivity index (χ1v) is 6.50. The third-order valence-electron chi connectivity index (χ3n) is 3.43. The molecule has 4 nitrogen and oxygen atoms in total. The maximum Gasteiger partial charge on any atom is 0.155 e. The highest BCUT2D eigenvalue weighted by atomic mass is 16.3. The Morgan fingerprint density at radius 3 is 2.85 bits per heavy atom. The Morgan fingerprint density at radius 2 is 2.00 bits per heavy atom. The van der Waals surface area contributed by atoms with Crippen LogP contribution in [0.2, 0.25) is 0 Å². The first kappa shape index (κ1) is 11.3. The first-order chi connectivity index (χ1) is 9.83. The van der Waals surface area contributed by atoms with Gasteiger partial charge in [0.05, 0.1) is 0 Å². The zero-order chi connectivity index (χ0) is 13.5. The average Bonchev–Trinajstić information content (AvgIpc) is 3.09.